The number of ether oxygens (including phenoxy) is 1. The number of benzene rings is 1. The SMILES string of the molecule is COc1cnn(-c2cccc(C)c2)c1C(=O)O. The molecule has 0 amide bonds. The highest BCUT2D eigenvalue weighted by Gasteiger charge is 2.19. The van der Waals surface area contributed by atoms with Crippen LogP contribution < -0.4 is 4.74 Å². The van der Waals surface area contributed by atoms with Crippen molar-refractivity contribution in [1.82, 2.24) is 9.78 Å². The highest BCUT2D eigenvalue weighted by molar-refractivity contribution is 5.89. The van der Waals surface area contributed by atoms with Crippen LogP contribution in [0.5, 0.6) is 5.75 Å². The lowest BCUT2D eigenvalue weighted by Gasteiger charge is -2.06. The Kier molecular flexibility index (Phi) is 2.82. The van der Waals surface area contributed by atoms with Crippen molar-refractivity contribution in [1.29, 1.82) is 0 Å². The molecular weight excluding hydrogens is 220 g/mol. The average Bonchev–Trinajstić information content (AvgIpc) is 2.72. The Hall–Kier alpha value is -2.30. The van der Waals surface area contributed by atoms with Gasteiger partial charge in [0, 0.05) is 0 Å². The van der Waals surface area contributed by atoms with Crippen LogP contribution in [0.3, 0.4) is 0 Å². The summed E-state index contributed by atoms with van der Waals surface area (Å²) in [7, 11) is 1.42. The second-order valence-corrected chi connectivity index (χ2v) is 3.62. The van der Waals surface area contributed by atoms with Gasteiger partial charge in [-0.2, -0.15) is 5.10 Å². The molecule has 17 heavy (non-hydrogen) atoms. The molecule has 0 atom stereocenters. The lowest BCUT2D eigenvalue weighted by molar-refractivity contribution is 0.0683. The zero-order chi connectivity index (χ0) is 12.4. The van der Waals surface area contributed by atoms with Gasteiger partial charge in [-0.1, -0.05) is 12.1 Å². The fraction of sp³-hybridized carbons (Fsp3) is 0.167. The highest BCUT2D eigenvalue weighted by atomic mass is 16.5. The van der Waals surface area contributed by atoms with Crippen molar-refractivity contribution in [2.75, 3.05) is 7.11 Å². The van der Waals surface area contributed by atoms with Gasteiger partial charge < -0.3 is 9.84 Å². The van der Waals surface area contributed by atoms with Crippen LogP contribution in [0, 0.1) is 6.92 Å². The molecule has 2 rings (SSSR count). The Balaban J connectivity index is 2.60. The van der Waals surface area contributed by atoms with Gasteiger partial charge in [-0.25, -0.2) is 9.48 Å². The number of aromatic carboxylic acids is 1. The normalized spacial score (nSPS) is 10.2. The first-order valence-corrected chi connectivity index (χ1v) is 5.06. The molecule has 0 fully saturated rings. The first-order chi connectivity index (χ1) is 8.13. The molecule has 0 unspecified atom stereocenters. The van der Waals surface area contributed by atoms with Crippen molar-refractivity contribution < 1.29 is 14.6 Å². The summed E-state index contributed by atoms with van der Waals surface area (Å²) in [6, 6.07) is 7.44. The lowest BCUT2D eigenvalue weighted by atomic mass is 10.2. The van der Waals surface area contributed by atoms with E-state index in [2.05, 4.69) is 5.10 Å². The van der Waals surface area contributed by atoms with Gasteiger partial charge in [0.15, 0.2) is 11.4 Å². The van der Waals surface area contributed by atoms with Crippen LogP contribution in [0.25, 0.3) is 5.69 Å². The van der Waals surface area contributed by atoms with Gasteiger partial charge in [0.25, 0.3) is 0 Å². The fourth-order valence-electron chi connectivity index (χ4n) is 1.63. The zero-order valence-electron chi connectivity index (χ0n) is 9.54. The van der Waals surface area contributed by atoms with Crippen LogP contribution >= 0.6 is 0 Å². The number of aryl methyl sites for hydroxylation is 1. The summed E-state index contributed by atoms with van der Waals surface area (Å²) in [5.41, 5.74) is 1.76. The maximum atomic E-state index is 11.2. The van der Waals surface area contributed by atoms with E-state index in [1.165, 1.54) is 18.0 Å². The third-order valence-corrected chi connectivity index (χ3v) is 2.40. The number of carboxylic acids is 1. The van der Waals surface area contributed by atoms with Gasteiger partial charge in [-0.3, -0.25) is 0 Å². The van der Waals surface area contributed by atoms with Crippen LogP contribution in [0.1, 0.15) is 16.1 Å². The van der Waals surface area contributed by atoms with E-state index in [1.807, 2.05) is 25.1 Å². The van der Waals surface area contributed by atoms with E-state index in [9.17, 15) is 4.79 Å². The Morgan fingerprint density at radius 1 is 1.47 bits per heavy atom. The van der Waals surface area contributed by atoms with E-state index < -0.39 is 5.97 Å². The van der Waals surface area contributed by atoms with E-state index in [0.717, 1.165) is 5.56 Å². The van der Waals surface area contributed by atoms with E-state index in [-0.39, 0.29) is 11.4 Å². The monoisotopic (exact) mass is 232 g/mol. The largest absolute Gasteiger partial charge is 0.493 e. The number of aromatic nitrogens is 2. The predicted molar refractivity (Wildman–Crippen MR) is 61.8 cm³/mol. The average molecular weight is 232 g/mol. The van der Waals surface area contributed by atoms with E-state index in [1.54, 1.807) is 6.07 Å². The van der Waals surface area contributed by atoms with Crippen LogP contribution in [0.2, 0.25) is 0 Å². The van der Waals surface area contributed by atoms with Crippen molar-refractivity contribution in [3.63, 3.8) is 0 Å². The minimum atomic E-state index is -1.07. The van der Waals surface area contributed by atoms with E-state index in [4.69, 9.17) is 9.84 Å². The molecule has 0 radical (unpaired) electrons. The Morgan fingerprint density at radius 2 is 2.24 bits per heavy atom. The number of rotatable bonds is 3. The maximum absolute atomic E-state index is 11.2. The third kappa shape index (κ3) is 1.99. The van der Waals surface area contributed by atoms with Gasteiger partial charge in [0.2, 0.25) is 0 Å². The van der Waals surface area contributed by atoms with Gasteiger partial charge in [0.1, 0.15) is 0 Å². The topological polar surface area (TPSA) is 64.4 Å². The molecule has 0 aliphatic heterocycles. The molecule has 5 heteroatoms. The van der Waals surface area contributed by atoms with E-state index in [0.29, 0.717) is 5.69 Å². The maximum Gasteiger partial charge on any atom is 0.358 e. The number of hydrogen-bond donors (Lipinski definition) is 1. The molecule has 0 aliphatic rings. The minimum absolute atomic E-state index is 0.0260. The van der Waals surface area contributed by atoms with Crippen LogP contribution in [-0.4, -0.2) is 28.0 Å². The minimum Gasteiger partial charge on any atom is -0.493 e. The lowest BCUT2D eigenvalue weighted by Crippen LogP contribution is -2.09. The zero-order valence-corrected chi connectivity index (χ0v) is 9.54. The number of carbonyl (C=O) groups is 1. The Labute approximate surface area is 98.3 Å². The quantitative estimate of drug-likeness (QED) is 0.877. The number of hydrogen-bond acceptors (Lipinski definition) is 3. The molecule has 1 aromatic heterocycles. The Bertz CT molecular complexity index is 561. The molecule has 0 spiro atoms. The highest BCUT2D eigenvalue weighted by Crippen LogP contribution is 2.21. The molecule has 0 saturated carbocycles. The molecule has 5 nitrogen and oxygen atoms in total. The van der Waals surface area contributed by atoms with Crippen LogP contribution in [-0.2, 0) is 0 Å². The second-order valence-electron chi connectivity index (χ2n) is 3.62. The second kappa shape index (κ2) is 4.29. The summed E-state index contributed by atoms with van der Waals surface area (Å²) in [4.78, 5) is 11.2. The molecule has 1 N–H and O–H groups in total. The van der Waals surface area contributed by atoms with Gasteiger partial charge in [-0.05, 0) is 24.6 Å². The first-order valence-electron chi connectivity index (χ1n) is 5.06. The number of nitrogens with zero attached hydrogens (tertiary/aromatic N) is 2. The van der Waals surface area contributed by atoms with Crippen molar-refractivity contribution in [2.45, 2.75) is 6.92 Å². The van der Waals surface area contributed by atoms with Crippen molar-refractivity contribution in [3.8, 4) is 11.4 Å². The Morgan fingerprint density at radius 3 is 2.82 bits per heavy atom. The predicted octanol–water partition coefficient (Wildman–Crippen LogP) is 1.89. The molecule has 0 aliphatic carbocycles. The molecule has 1 aromatic carbocycles. The number of methoxy groups -OCH3 is 1. The summed E-state index contributed by atoms with van der Waals surface area (Å²) < 4.78 is 6.33. The van der Waals surface area contributed by atoms with Crippen molar-refractivity contribution in [3.05, 3.63) is 41.7 Å². The third-order valence-electron chi connectivity index (χ3n) is 2.40. The molecule has 0 bridgehead atoms. The van der Waals surface area contributed by atoms with Crippen LogP contribution in [0.15, 0.2) is 30.5 Å². The first kappa shape index (κ1) is 11.2. The van der Waals surface area contributed by atoms with Crippen LogP contribution in [0.4, 0.5) is 0 Å². The summed E-state index contributed by atoms with van der Waals surface area (Å²) in [5, 5.41) is 13.2. The summed E-state index contributed by atoms with van der Waals surface area (Å²) in [6.45, 7) is 1.94. The molecular formula is C12H12N2O3. The van der Waals surface area contributed by atoms with Crippen molar-refractivity contribution in [2.24, 2.45) is 0 Å². The van der Waals surface area contributed by atoms with Gasteiger partial charge in [0.05, 0.1) is 19.0 Å². The summed E-state index contributed by atoms with van der Waals surface area (Å²) in [5.74, 6) is -0.820. The van der Waals surface area contributed by atoms with E-state index >= 15 is 0 Å². The number of carboxylic acid groups (broad SMARTS) is 1. The fourth-order valence-corrected chi connectivity index (χ4v) is 1.63. The molecule has 88 valence electrons. The summed E-state index contributed by atoms with van der Waals surface area (Å²) >= 11 is 0. The molecule has 0 saturated heterocycles. The molecule has 2 aromatic rings. The van der Waals surface area contributed by atoms with Crippen molar-refractivity contribution >= 4 is 5.97 Å². The molecule has 1 heterocycles. The van der Waals surface area contributed by atoms with Gasteiger partial charge >= 0.3 is 5.97 Å². The smallest absolute Gasteiger partial charge is 0.358 e. The van der Waals surface area contributed by atoms with Gasteiger partial charge in [-0.15, -0.1) is 0 Å². The standard InChI is InChI=1S/C12H12N2O3/c1-8-4-3-5-9(6-8)14-11(12(15)16)10(17-2)7-13-14/h3-7H,1-2H3,(H,15,16). The summed E-state index contributed by atoms with van der Waals surface area (Å²) in [6.07, 6.45) is 1.39.